The Morgan fingerprint density at radius 2 is 1.96 bits per heavy atom. The number of piperazine rings is 1. The van der Waals surface area contributed by atoms with Gasteiger partial charge in [0.1, 0.15) is 5.01 Å². The highest BCUT2D eigenvalue weighted by molar-refractivity contribution is 7.18. The van der Waals surface area contributed by atoms with Crippen LogP contribution in [0.25, 0.3) is 10.2 Å². The van der Waals surface area contributed by atoms with Gasteiger partial charge in [0.2, 0.25) is 5.89 Å². The summed E-state index contributed by atoms with van der Waals surface area (Å²) in [5.41, 5.74) is 1.11. The Bertz CT molecular complexity index is 788. The Labute approximate surface area is 145 Å². The van der Waals surface area contributed by atoms with Crippen LogP contribution in [0.15, 0.2) is 28.8 Å². The molecule has 3 aromatic rings. The van der Waals surface area contributed by atoms with Gasteiger partial charge in [0.05, 0.1) is 22.8 Å². The summed E-state index contributed by atoms with van der Waals surface area (Å²) < 4.78 is 6.49. The molecule has 0 bridgehead atoms. The van der Waals surface area contributed by atoms with Gasteiger partial charge in [-0.25, -0.2) is 4.98 Å². The fraction of sp³-hybridized carbons (Fsp3) is 0.471. The molecule has 1 aliphatic rings. The molecule has 126 valence electrons. The molecule has 0 spiro atoms. The van der Waals surface area contributed by atoms with Crippen molar-refractivity contribution in [2.75, 3.05) is 26.2 Å². The molecule has 1 aromatic carbocycles. The Morgan fingerprint density at radius 1 is 1.17 bits per heavy atom. The summed E-state index contributed by atoms with van der Waals surface area (Å²) in [6.45, 7) is 8.94. The van der Waals surface area contributed by atoms with E-state index in [0.717, 1.165) is 38.2 Å². The largest absolute Gasteiger partial charge is 0.338 e. The van der Waals surface area contributed by atoms with Crippen LogP contribution in [-0.4, -0.2) is 51.1 Å². The first-order valence-corrected chi connectivity index (χ1v) is 9.12. The predicted octanol–water partition coefficient (Wildman–Crippen LogP) is 2.87. The highest BCUT2D eigenvalue weighted by atomic mass is 32.1. The third-order valence-corrected chi connectivity index (χ3v) is 5.76. The van der Waals surface area contributed by atoms with E-state index in [1.807, 2.05) is 6.92 Å². The zero-order chi connectivity index (χ0) is 16.5. The van der Waals surface area contributed by atoms with Gasteiger partial charge in [-0.15, -0.1) is 11.3 Å². The lowest BCUT2D eigenvalue weighted by atomic mass is 10.2. The standard InChI is InChI=1S/C17H21N5OS/c1-12(17-19-14-5-3-4-6-15(14)24-17)22-9-7-21(8-10-22)11-16-18-13(2)20-23-16/h3-6,12H,7-11H2,1-2H3. The van der Waals surface area contributed by atoms with Gasteiger partial charge < -0.3 is 4.52 Å². The van der Waals surface area contributed by atoms with E-state index in [2.05, 4.69) is 51.1 Å². The number of nitrogens with zero attached hydrogens (tertiary/aromatic N) is 5. The maximum atomic E-state index is 5.22. The number of hydrogen-bond acceptors (Lipinski definition) is 7. The number of para-hydroxylation sites is 1. The molecule has 1 unspecified atom stereocenters. The summed E-state index contributed by atoms with van der Waals surface area (Å²) in [6.07, 6.45) is 0. The third kappa shape index (κ3) is 3.19. The minimum absolute atomic E-state index is 0.357. The molecule has 7 heteroatoms. The normalized spacial score (nSPS) is 18.2. The molecule has 1 fully saturated rings. The Hall–Kier alpha value is -1.83. The van der Waals surface area contributed by atoms with E-state index in [0.29, 0.717) is 17.8 Å². The van der Waals surface area contributed by atoms with Crippen molar-refractivity contribution in [1.29, 1.82) is 0 Å². The summed E-state index contributed by atoms with van der Waals surface area (Å²) in [4.78, 5) is 14.0. The molecule has 1 aliphatic heterocycles. The summed E-state index contributed by atoms with van der Waals surface area (Å²) in [6, 6.07) is 8.72. The highest BCUT2D eigenvalue weighted by Crippen LogP contribution is 2.29. The summed E-state index contributed by atoms with van der Waals surface area (Å²) in [7, 11) is 0. The van der Waals surface area contributed by atoms with E-state index in [4.69, 9.17) is 9.51 Å². The van der Waals surface area contributed by atoms with Gasteiger partial charge in [0.15, 0.2) is 5.82 Å². The Kier molecular flexibility index (Phi) is 4.30. The van der Waals surface area contributed by atoms with Crippen molar-refractivity contribution in [3.63, 3.8) is 0 Å². The van der Waals surface area contributed by atoms with Crippen LogP contribution in [0, 0.1) is 6.92 Å². The Morgan fingerprint density at radius 3 is 2.67 bits per heavy atom. The van der Waals surface area contributed by atoms with Gasteiger partial charge in [0, 0.05) is 26.2 Å². The number of rotatable bonds is 4. The van der Waals surface area contributed by atoms with E-state index in [-0.39, 0.29) is 0 Å². The van der Waals surface area contributed by atoms with Crippen LogP contribution in [0.2, 0.25) is 0 Å². The van der Waals surface area contributed by atoms with Gasteiger partial charge in [-0.2, -0.15) is 4.98 Å². The topological polar surface area (TPSA) is 58.3 Å². The quantitative estimate of drug-likeness (QED) is 0.726. The van der Waals surface area contributed by atoms with Crippen LogP contribution >= 0.6 is 11.3 Å². The molecule has 24 heavy (non-hydrogen) atoms. The molecular formula is C17H21N5OS. The SMILES string of the molecule is Cc1noc(CN2CCN(C(C)c3nc4ccccc4s3)CC2)n1. The molecule has 1 saturated heterocycles. The van der Waals surface area contributed by atoms with Crippen LogP contribution in [-0.2, 0) is 6.54 Å². The summed E-state index contributed by atoms with van der Waals surface area (Å²) in [5.74, 6) is 1.41. The van der Waals surface area contributed by atoms with Crippen LogP contribution in [0.5, 0.6) is 0 Å². The lowest BCUT2D eigenvalue weighted by Crippen LogP contribution is -2.46. The first-order chi connectivity index (χ1) is 11.7. The van der Waals surface area contributed by atoms with Gasteiger partial charge >= 0.3 is 0 Å². The van der Waals surface area contributed by atoms with E-state index in [1.54, 1.807) is 11.3 Å². The van der Waals surface area contributed by atoms with E-state index < -0.39 is 0 Å². The summed E-state index contributed by atoms with van der Waals surface area (Å²) >= 11 is 1.81. The number of fused-ring (bicyclic) bond motifs is 1. The molecule has 0 N–H and O–H groups in total. The third-order valence-electron chi connectivity index (χ3n) is 4.55. The number of aromatic nitrogens is 3. The molecule has 0 amide bonds. The average molecular weight is 343 g/mol. The van der Waals surface area contributed by atoms with Crippen LogP contribution in [0.3, 0.4) is 0 Å². The lowest BCUT2D eigenvalue weighted by molar-refractivity contribution is 0.0904. The van der Waals surface area contributed by atoms with Crippen molar-refractivity contribution >= 4 is 21.6 Å². The second-order valence-corrected chi connectivity index (χ2v) is 7.31. The van der Waals surface area contributed by atoms with Crippen molar-refractivity contribution in [3.05, 3.63) is 41.0 Å². The minimum Gasteiger partial charge on any atom is -0.338 e. The average Bonchev–Trinajstić information content (AvgIpc) is 3.21. The smallest absolute Gasteiger partial charge is 0.240 e. The number of thiazole rings is 1. The van der Waals surface area contributed by atoms with Crippen LogP contribution < -0.4 is 0 Å². The fourth-order valence-corrected chi connectivity index (χ4v) is 4.18. The monoisotopic (exact) mass is 343 g/mol. The molecule has 0 saturated carbocycles. The van der Waals surface area contributed by atoms with Crippen molar-refractivity contribution in [2.45, 2.75) is 26.4 Å². The maximum absolute atomic E-state index is 5.22. The summed E-state index contributed by atoms with van der Waals surface area (Å²) in [5, 5.41) is 5.06. The van der Waals surface area contributed by atoms with Gasteiger partial charge in [-0.3, -0.25) is 9.80 Å². The Balaban J connectivity index is 1.38. The lowest BCUT2D eigenvalue weighted by Gasteiger charge is -2.36. The first kappa shape index (κ1) is 15.7. The van der Waals surface area contributed by atoms with Crippen molar-refractivity contribution in [3.8, 4) is 0 Å². The molecule has 2 aromatic heterocycles. The van der Waals surface area contributed by atoms with Crippen molar-refractivity contribution < 1.29 is 4.52 Å². The molecule has 0 aliphatic carbocycles. The molecule has 0 radical (unpaired) electrons. The molecule has 6 nitrogen and oxygen atoms in total. The minimum atomic E-state index is 0.357. The van der Waals surface area contributed by atoms with Gasteiger partial charge in [-0.05, 0) is 26.0 Å². The fourth-order valence-electron chi connectivity index (χ4n) is 3.13. The number of hydrogen-bond donors (Lipinski definition) is 0. The molecule has 3 heterocycles. The van der Waals surface area contributed by atoms with Gasteiger partial charge in [-0.1, -0.05) is 17.3 Å². The zero-order valence-electron chi connectivity index (χ0n) is 14.0. The van der Waals surface area contributed by atoms with Crippen LogP contribution in [0.1, 0.15) is 29.7 Å². The van der Waals surface area contributed by atoms with Crippen molar-refractivity contribution in [1.82, 2.24) is 24.9 Å². The van der Waals surface area contributed by atoms with Crippen molar-refractivity contribution in [2.24, 2.45) is 0 Å². The second-order valence-electron chi connectivity index (χ2n) is 6.24. The van der Waals surface area contributed by atoms with Crippen LogP contribution in [0.4, 0.5) is 0 Å². The number of aryl methyl sites for hydroxylation is 1. The van der Waals surface area contributed by atoms with E-state index in [9.17, 15) is 0 Å². The maximum Gasteiger partial charge on any atom is 0.240 e. The second kappa shape index (κ2) is 6.58. The zero-order valence-corrected chi connectivity index (χ0v) is 14.8. The molecule has 1 atom stereocenters. The first-order valence-electron chi connectivity index (χ1n) is 8.30. The predicted molar refractivity (Wildman–Crippen MR) is 93.9 cm³/mol. The molecule has 4 rings (SSSR count). The molecular weight excluding hydrogens is 322 g/mol. The van der Waals surface area contributed by atoms with E-state index in [1.165, 1.54) is 9.71 Å². The van der Waals surface area contributed by atoms with Gasteiger partial charge in [0.25, 0.3) is 0 Å². The highest BCUT2D eigenvalue weighted by Gasteiger charge is 2.25. The van der Waals surface area contributed by atoms with E-state index >= 15 is 0 Å². The number of benzene rings is 1.